The Labute approximate surface area is 74.9 Å². The van der Waals surface area contributed by atoms with Gasteiger partial charge in [0.05, 0.1) is 6.10 Å². The zero-order valence-electron chi connectivity index (χ0n) is 8.18. The summed E-state index contributed by atoms with van der Waals surface area (Å²) in [6, 6.07) is 0. The molecule has 1 fully saturated rings. The molecule has 1 aliphatic rings. The smallest absolute Gasteiger partial charge is 0.162 e. The van der Waals surface area contributed by atoms with Crippen LogP contribution in [0, 0.1) is 0 Å². The molecule has 1 aliphatic carbocycles. The van der Waals surface area contributed by atoms with Crippen LogP contribution in [-0.2, 0) is 4.74 Å². The molecule has 0 saturated heterocycles. The van der Waals surface area contributed by atoms with Crippen molar-refractivity contribution in [3.8, 4) is 0 Å². The van der Waals surface area contributed by atoms with Gasteiger partial charge in [0.15, 0.2) is 5.79 Å². The highest BCUT2D eigenvalue weighted by Gasteiger charge is 2.24. The van der Waals surface area contributed by atoms with Crippen molar-refractivity contribution >= 4 is 0 Å². The summed E-state index contributed by atoms with van der Waals surface area (Å²) in [5, 5.41) is 9.65. The predicted octanol–water partition coefficient (Wildman–Crippen LogP) is 2.45. The average molecular weight is 172 g/mol. The molecule has 0 spiro atoms. The van der Waals surface area contributed by atoms with Crippen LogP contribution >= 0.6 is 0 Å². The van der Waals surface area contributed by atoms with Crippen molar-refractivity contribution in [2.24, 2.45) is 0 Å². The van der Waals surface area contributed by atoms with E-state index < -0.39 is 5.79 Å². The van der Waals surface area contributed by atoms with Crippen molar-refractivity contribution in [3.63, 3.8) is 0 Å². The highest BCUT2D eigenvalue weighted by atomic mass is 16.6. The summed E-state index contributed by atoms with van der Waals surface area (Å²) in [5.74, 6) is -0.901. The summed E-state index contributed by atoms with van der Waals surface area (Å²) >= 11 is 0. The SMILES string of the molecule is CCC(C)(O)OC1CCCCC1. The molecular formula is C10H20O2. The molecule has 12 heavy (non-hydrogen) atoms. The molecule has 0 bridgehead atoms. The lowest BCUT2D eigenvalue weighted by molar-refractivity contribution is -0.224. The van der Waals surface area contributed by atoms with Gasteiger partial charge in [-0.15, -0.1) is 0 Å². The highest BCUT2D eigenvalue weighted by molar-refractivity contribution is 4.68. The van der Waals surface area contributed by atoms with Gasteiger partial charge in [-0.3, -0.25) is 0 Å². The van der Waals surface area contributed by atoms with Crippen LogP contribution in [0.25, 0.3) is 0 Å². The number of hydrogen-bond acceptors (Lipinski definition) is 2. The van der Waals surface area contributed by atoms with Crippen LogP contribution in [0.15, 0.2) is 0 Å². The first-order chi connectivity index (χ1) is 5.64. The fourth-order valence-corrected chi connectivity index (χ4v) is 1.63. The van der Waals surface area contributed by atoms with Crippen LogP contribution in [-0.4, -0.2) is 17.0 Å². The van der Waals surface area contributed by atoms with E-state index in [4.69, 9.17) is 4.74 Å². The van der Waals surface area contributed by atoms with Crippen LogP contribution in [0.5, 0.6) is 0 Å². The maximum absolute atomic E-state index is 9.65. The molecule has 0 heterocycles. The molecule has 1 rings (SSSR count). The van der Waals surface area contributed by atoms with Gasteiger partial charge in [0.2, 0.25) is 0 Å². The third kappa shape index (κ3) is 3.11. The Morgan fingerprint density at radius 3 is 2.42 bits per heavy atom. The first-order valence-corrected chi connectivity index (χ1v) is 5.04. The summed E-state index contributed by atoms with van der Waals surface area (Å²) < 4.78 is 5.58. The second-order valence-electron chi connectivity index (χ2n) is 3.91. The van der Waals surface area contributed by atoms with E-state index in [-0.39, 0.29) is 0 Å². The van der Waals surface area contributed by atoms with Gasteiger partial charge in [-0.1, -0.05) is 26.2 Å². The van der Waals surface area contributed by atoms with Gasteiger partial charge in [0.25, 0.3) is 0 Å². The van der Waals surface area contributed by atoms with Crippen molar-refractivity contribution in [2.45, 2.75) is 64.3 Å². The molecular weight excluding hydrogens is 152 g/mol. The quantitative estimate of drug-likeness (QED) is 0.663. The molecule has 2 heteroatoms. The molecule has 72 valence electrons. The number of rotatable bonds is 3. The zero-order chi connectivity index (χ0) is 9.03. The normalized spacial score (nSPS) is 25.2. The maximum atomic E-state index is 9.65. The first-order valence-electron chi connectivity index (χ1n) is 5.04. The molecule has 0 aromatic heterocycles. The second kappa shape index (κ2) is 4.24. The minimum Gasteiger partial charge on any atom is -0.366 e. The second-order valence-corrected chi connectivity index (χ2v) is 3.91. The van der Waals surface area contributed by atoms with Gasteiger partial charge in [-0.25, -0.2) is 0 Å². The van der Waals surface area contributed by atoms with E-state index in [1.165, 1.54) is 19.3 Å². The van der Waals surface area contributed by atoms with E-state index in [9.17, 15) is 5.11 Å². The van der Waals surface area contributed by atoms with Crippen molar-refractivity contribution < 1.29 is 9.84 Å². The van der Waals surface area contributed by atoms with Crippen LogP contribution < -0.4 is 0 Å². The van der Waals surface area contributed by atoms with E-state index in [0.717, 1.165) is 12.8 Å². The van der Waals surface area contributed by atoms with Crippen LogP contribution in [0.3, 0.4) is 0 Å². The Bertz CT molecular complexity index is 126. The molecule has 1 atom stereocenters. The van der Waals surface area contributed by atoms with Gasteiger partial charge in [-0.2, -0.15) is 0 Å². The molecule has 2 nitrogen and oxygen atoms in total. The van der Waals surface area contributed by atoms with Crippen LogP contribution in [0.2, 0.25) is 0 Å². The summed E-state index contributed by atoms with van der Waals surface area (Å²) in [5.41, 5.74) is 0. The Morgan fingerprint density at radius 1 is 1.33 bits per heavy atom. The molecule has 0 aromatic carbocycles. The Hall–Kier alpha value is -0.0800. The fourth-order valence-electron chi connectivity index (χ4n) is 1.63. The molecule has 1 N–H and O–H groups in total. The zero-order valence-corrected chi connectivity index (χ0v) is 8.18. The predicted molar refractivity (Wildman–Crippen MR) is 48.9 cm³/mol. The van der Waals surface area contributed by atoms with Gasteiger partial charge < -0.3 is 9.84 Å². The number of ether oxygens (including phenoxy) is 1. The number of aliphatic hydroxyl groups is 1. The third-order valence-electron chi connectivity index (χ3n) is 2.63. The van der Waals surface area contributed by atoms with Crippen LogP contribution in [0.4, 0.5) is 0 Å². The lowest BCUT2D eigenvalue weighted by Crippen LogP contribution is -2.33. The standard InChI is InChI=1S/C10H20O2/c1-3-10(2,11)12-9-7-5-4-6-8-9/h9,11H,3-8H2,1-2H3. The Morgan fingerprint density at radius 2 is 1.92 bits per heavy atom. The average Bonchev–Trinajstić information content (AvgIpc) is 2.06. The largest absolute Gasteiger partial charge is 0.366 e. The van der Waals surface area contributed by atoms with E-state index in [0.29, 0.717) is 12.5 Å². The number of hydrogen-bond donors (Lipinski definition) is 1. The summed E-state index contributed by atoms with van der Waals surface area (Å²) in [6.45, 7) is 3.70. The topological polar surface area (TPSA) is 29.5 Å². The van der Waals surface area contributed by atoms with Crippen molar-refractivity contribution in [1.29, 1.82) is 0 Å². The lowest BCUT2D eigenvalue weighted by Gasteiger charge is -2.30. The summed E-state index contributed by atoms with van der Waals surface area (Å²) in [4.78, 5) is 0. The summed E-state index contributed by atoms with van der Waals surface area (Å²) in [6.07, 6.45) is 7.05. The van der Waals surface area contributed by atoms with Gasteiger partial charge in [-0.05, 0) is 26.2 Å². The maximum Gasteiger partial charge on any atom is 0.162 e. The van der Waals surface area contributed by atoms with Gasteiger partial charge >= 0.3 is 0 Å². The minimum absolute atomic E-state index is 0.300. The van der Waals surface area contributed by atoms with E-state index in [1.807, 2.05) is 6.92 Å². The minimum atomic E-state index is -0.901. The Balaban J connectivity index is 2.28. The lowest BCUT2D eigenvalue weighted by atomic mass is 9.97. The van der Waals surface area contributed by atoms with Crippen molar-refractivity contribution in [3.05, 3.63) is 0 Å². The van der Waals surface area contributed by atoms with E-state index >= 15 is 0 Å². The molecule has 1 unspecified atom stereocenters. The summed E-state index contributed by atoms with van der Waals surface area (Å²) in [7, 11) is 0. The molecule has 0 amide bonds. The monoisotopic (exact) mass is 172 g/mol. The first kappa shape index (κ1) is 10.0. The Kier molecular flexibility index (Phi) is 3.53. The highest BCUT2D eigenvalue weighted by Crippen LogP contribution is 2.25. The van der Waals surface area contributed by atoms with Gasteiger partial charge in [0, 0.05) is 0 Å². The van der Waals surface area contributed by atoms with E-state index in [2.05, 4.69) is 0 Å². The molecule has 0 aliphatic heterocycles. The molecule has 0 aromatic rings. The molecule has 0 radical (unpaired) electrons. The van der Waals surface area contributed by atoms with Crippen molar-refractivity contribution in [2.75, 3.05) is 0 Å². The van der Waals surface area contributed by atoms with Crippen molar-refractivity contribution in [1.82, 2.24) is 0 Å². The van der Waals surface area contributed by atoms with Crippen LogP contribution in [0.1, 0.15) is 52.4 Å². The molecule has 1 saturated carbocycles. The van der Waals surface area contributed by atoms with Gasteiger partial charge in [0.1, 0.15) is 0 Å². The fraction of sp³-hybridized carbons (Fsp3) is 1.00. The third-order valence-corrected chi connectivity index (χ3v) is 2.63. The van der Waals surface area contributed by atoms with E-state index in [1.54, 1.807) is 6.92 Å².